The van der Waals surface area contributed by atoms with Crippen molar-refractivity contribution >= 4 is 10.1 Å². The lowest BCUT2D eigenvalue weighted by molar-refractivity contribution is -0.0538. The van der Waals surface area contributed by atoms with E-state index in [4.69, 9.17) is 0 Å². The van der Waals surface area contributed by atoms with Crippen molar-refractivity contribution in [1.82, 2.24) is 4.90 Å². The van der Waals surface area contributed by atoms with Gasteiger partial charge in [0.2, 0.25) is 5.88 Å². The monoisotopic (exact) mass is 259 g/mol. The van der Waals surface area contributed by atoms with Crippen LogP contribution in [0.25, 0.3) is 0 Å². The molecule has 8 heteroatoms. The zero-order valence-electron chi connectivity index (χ0n) is 8.78. The second-order valence-electron chi connectivity index (χ2n) is 3.75. The third kappa shape index (κ3) is 2.81. The van der Waals surface area contributed by atoms with Crippen molar-refractivity contribution in [1.29, 1.82) is 0 Å². The van der Waals surface area contributed by atoms with Crippen LogP contribution < -0.4 is 0 Å². The molecule has 0 bridgehead atoms. The van der Waals surface area contributed by atoms with Gasteiger partial charge < -0.3 is 9.08 Å². The average Bonchev–Trinajstić information content (AvgIpc) is 2.08. The number of nitrogens with zero attached hydrogens (tertiary/aromatic N) is 1. The van der Waals surface area contributed by atoms with Crippen molar-refractivity contribution in [3.05, 3.63) is 12.0 Å². The van der Waals surface area contributed by atoms with E-state index in [1.807, 2.05) is 6.92 Å². The van der Waals surface area contributed by atoms with Gasteiger partial charge in [0.05, 0.1) is 0 Å². The molecule has 0 saturated carbocycles. The van der Waals surface area contributed by atoms with Crippen LogP contribution in [0.3, 0.4) is 0 Å². The number of halogens is 3. The maximum absolute atomic E-state index is 12.0. The fourth-order valence-electron chi connectivity index (χ4n) is 1.35. The molecule has 0 aromatic rings. The molecule has 94 valence electrons. The van der Waals surface area contributed by atoms with E-state index in [0.717, 1.165) is 0 Å². The Balaban J connectivity index is 2.83. The summed E-state index contributed by atoms with van der Waals surface area (Å²) in [6.45, 7) is 2.36. The fourth-order valence-corrected chi connectivity index (χ4v) is 1.86. The predicted octanol–water partition coefficient (Wildman–Crippen LogP) is 1.67. The number of rotatable bonds is 2. The first-order chi connectivity index (χ1) is 7.13. The normalized spacial score (nSPS) is 22.9. The molecule has 0 radical (unpaired) electrons. The van der Waals surface area contributed by atoms with Crippen molar-refractivity contribution < 1.29 is 25.8 Å². The third-order valence-corrected chi connectivity index (χ3v) is 3.09. The van der Waals surface area contributed by atoms with Crippen molar-refractivity contribution in [3.63, 3.8) is 0 Å². The summed E-state index contributed by atoms with van der Waals surface area (Å²) >= 11 is 0. The van der Waals surface area contributed by atoms with Crippen LogP contribution in [0.1, 0.15) is 13.3 Å². The highest BCUT2D eigenvalue weighted by molar-refractivity contribution is 7.87. The summed E-state index contributed by atoms with van der Waals surface area (Å²) in [5.74, 6) is -0.0126. The Morgan fingerprint density at radius 2 is 2.06 bits per heavy atom. The van der Waals surface area contributed by atoms with Gasteiger partial charge in [-0.25, -0.2) is 0 Å². The number of hydrogen-bond donors (Lipinski definition) is 0. The minimum atomic E-state index is -5.56. The zero-order chi connectivity index (χ0) is 12.6. The van der Waals surface area contributed by atoms with Crippen LogP contribution in [0.4, 0.5) is 13.2 Å². The Kier molecular flexibility index (Phi) is 3.41. The highest BCUT2D eigenvalue weighted by Crippen LogP contribution is 2.29. The molecule has 4 nitrogen and oxygen atoms in total. The molecule has 0 aromatic heterocycles. The second-order valence-corrected chi connectivity index (χ2v) is 5.28. The maximum atomic E-state index is 12.0. The van der Waals surface area contributed by atoms with Crippen LogP contribution in [0.5, 0.6) is 0 Å². The minimum Gasteiger partial charge on any atom is -0.358 e. The molecule has 16 heavy (non-hydrogen) atoms. The molecular weight excluding hydrogens is 247 g/mol. The summed E-state index contributed by atoms with van der Waals surface area (Å²) in [6, 6.07) is 0. The molecule has 0 N–H and O–H groups in total. The molecule has 0 fully saturated rings. The minimum absolute atomic E-state index is 0.256. The van der Waals surface area contributed by atoms with Gasteiger partial charge in [-0.3, -0.25) is 0 Å². The van der Waals surface area contributed by atoms with Gasteiger partial charge in [-0.15, -0.1) is 0 Å². The average molecular weight is 259 g/mol. The van der Waals surface area contributed by atoms with Crippen LogP contribution >= 0.6 is 0 Å². The molecule has 0 spiro atoms. The first-order valence-electron chi connectivity index (χ1n) is 4.55. The van der Waals surface area contributed by atoms with Gasteiger partial charge in [0.1, 0.15) is 0 Å². The van der Waals surface area contributed by atoms with Crippen LogP contribution in [0, 0.1) is 5.92 Å². The molecule has 0 aliphatic carbocycles. The Bertz CT molecular complexity index is 388. The van der Waals surface area contributed by atoms with E-state index in [-0.39, 0.29) is 11.8 Å². The summed E-state index contributed by atoms with van der Waals surface area (Å²) in [7, 11) is -4.08. The van der Waals surface area contributed by atoms with Gasteiger partial charge in [-0.2, -0.15) is 21.6 Å². The number of alkyl halides is 3. The lowest BCUT2D eigenvalue weighted by atomic mass is 10.1. The van der Waals surface area contributed by atoms with Gasteiger partial charge in [0.25, 0.3) is 0 Å². The lowest BCUT2D eigenvalue weighted by Crippen LogP contribution is -2.33. The molecule has 1 aliphatic rings. The molecule has 1 rings (SSSR count). The number of allylic oxidation sites excluding steroid dienone is 1. The summed E-state index contributed by atoms with van der Waals surface area (Å²) in [6.07, 6.45) is 1.84. The third-order valence-electron chi connectivity index (χ3n) is 2.14. The Hall–Kier alpha value is -0.920. The molecular formula is C8H12F3NO3S. The maximum Gasteiger partial charge on any atom is 0.534 e. The quantitative estimate of drug-likeness (QED) is 0.559. The Morgan fingerprint density at radius 1 is 1.50 bits per heavy atom. The molecule has 0 unspecified atom stereocenters. The standard InChI is InChI=1S/C8H12F3NO3S/c1-6-3-4-7(12(2)5-6)15-16(13,14)8(9,10)11/h4,6H,3,5H2,1-2H3/t6-/m0/s1. The van der Waals surface area contributed by atoms with Crippen molar-refractivity contribution in [3.8, 4) is 0 Å². The van der Waals surface area contributed by atoms with E-state index < -0.39 is 15.6 Å². The van der Waals surface area contributed by atoms with E-state index in [1.54, 1.807) is 0 Å². The molecule has 1 heterocycles. The molecule has 0 aromatic carbocycles. The largest absolute Gasteiger partial charge is 0.534 e. The van der Waals surface area contributed by atoms with Crippen molar-refractivity contribution in [2.75, 3.05) is 13.6 Å². The van der Waals surface area contributed by atoms with Gasteiger partial charge in [0.15, 0.2) is 0 Å². The highest BCUT2D eigenvalue weighted by atomic mass is 32.2. The second kappa shape index (κ2) is 4.15. The summed E-state index contributed by atoms with van der Waals surface area (Å²) in [5, 5.41) is 0. The number of hydrogen-bond acceptors (Lipinski definition) is 4. The van der Waals surface area contributed by atoms with Gasteiger partial charge in [0, 0.05) is 13.6 Å². The van der Waals surface area contributed by atoms with Crippen molar-refractivity contribution in [2.24, 2.45) is 5.92 Å². The van der Waals surface area contributed by atoms with E-state index in [2.05, 4.69) is 4.18 Å². The summed E-state index contributed by atoms with van der Waals surface area (Å²) in [5.41, 5.74) is -5.39. The van der Waals surface area contributed by atoms with Crippen LogP contribution in [0.2, 0.25) is 0 Å². The fraction of sp³-hybridized carbons (Fsp3) is 0.750. The molecule has 1 aliphatic heterocycles. The van der Waals surface area contributed by atoms with Crippen LogP contribution in [0.15, 0.2) is 12.0 Å². The van der Waals surface area contributed by atoms with Crippen molar-refractivity contribution in [2.45, 2.75) is 18.9 Å². The van der Waals surface area contributed by atoms with Gasteiger partial charge in [-0.05, 0) is 18.4 Å². The highest BCUT2D eigenvalue weighted by Gasteiger charge is 2.49. The molecule has 1 atom stereocenters. The summed E-state index contributed by atoms with van der Waals surface area (Å²) < 4.78 is 61.6. The van der Waals surface area contributed by atoms with E-state index >= 15 is 0 Å². The molecule has 0 amide bonds. The predicted molar refractivity (Wildman–Crippen MR) is 50.6 cm³/mol. The topological polar surface area (TPSA) is 46.6 Å². The first kappa shape index (κ1) is 13.1. The van der Waals surface area contributed by atoms with Gasteiger partial charge in [-0.1, -0.05) is 6.92 Å². The first-order valence-corrected chi connectivity index (χ1v) is 5.96. The zero-order valence-corrected chi connectivity index (χ0v) is 9.60. The Morgan fingerprint density at radius 3 is 2.50 bits per heavy atom. The van der Waals surface area contributed by atoms with Gasteiger partial charge >= 0.3 is 15.6 Å². The van der Waals surface area contributed by atoms with E-state index in [9.17, 15) is 21.6 Å². The van der Waals surface area contributed by atoms with E-state index in [1.165, 1.54) is 18.0 Å². The lowest BCUT2D eigenvalue weighted by Gasteiger charge is -2.29. The van der Waals surface area contributed by atoms with Crippen LogP contribution in [-0.4, -0.2) is 32.4 Å². The molecule has 0 saturated heterocycles. The summed E-state index contributed by atoms with van der Waals surface area (Å²) in [4.78, 5) is 1.34. The van der Waals surface area contributed by atoms with Crippen LogP contribution in [-0.2, 0) is 14.3 Å². The smallest absolute Gasteiger partial charge is 0.358 e. The SMILES string of the molecule is C[C@H]1CC=C(OS(=O)(=O)C(F)(F)F)N(C)C1. The Labute approximate surface area is 91.8 Å². The van der Waals surface area contributed by atoms with E-state index in [0.29, 0.717) is 13.0 Å².